The Bertz CT molecular complexity index is 301. The summed E-state index contributed by atoms with van der Waals surface area (Å²) in [5.74, 6) is 0. The standard InChI is InChI=1S/C11H15NO2/c1-11(2,3)14-10(13)12-9-7-5-4-6-8-9/h4-8H,1-3H3,(H,12,13)/i4+1,5+1,6+1,7+1,8+1,9+1,12+1. The molecule has 0 aliphatic rings. The summed E-state index contributed by atoms with van der Waals surface area (Å²) in [5, 5.41) is 2.64. The molecule has 0 aliphatic carbocycles. The van der Waals surface area contributed by atoms with Gasteiger partial charge in [0.15, 0.2) is 0 Å². The molecule has 0 aliphatic heterocycles. The molecule has 1 aromatic carbocycles. The van der Waals surface area contributed by atoms with Crippen LogP contribution in [0, 0.1) is 0 Å². The van der Waals surface area contributed by atoms with Crippen LogP contribution in [0.3, 0.4) is 0 Å². The van der Waals surface area contributed by atoms with Crippen molar-refractivity contribution >= 4 is 11.8 Å². The molecule has 1 aromatic rings. The van der Waals surface area contributed by atoms with Gasteiger partial charge in [0.2, 0.25) is 0 Å². The van der Waals surface area contributed by atoms with Crippen LogP contribution in [0.15, 0.2) is 30.3 Å². The Kier molecular flexibility index (Phi) is 3.12. The van der Waals surface area contributed by atoms with Crippen LogP contribution in [0.25, 0.3) is 0 Å². The van der Waals surface area contributed by atoms with Gasteiger partial charge in [0.25, 0.3) is 0 Å². The quantitative estimate of drug-likeness (QED) is 0.707. The lowest BCUT2D eigenvalue weighted by molar-refractivity contribution is 0.0636. The lowest BCUT2D eigenvalue weighted by Crippen LogP contribution is -2.27. The van der Waals surface area contributed by atoms with Gasteiger partial charge >= 0.3 is 6.09 Å². The molecule has 0 heterocycles. The molecule has 14 heavy (non-hydrogen) atoms. The van der Waals surface area contributed by atoms with Crippen LogP contribution < -0.4 is 5.32 Å². The first-order valence-corrected chi connectivity index (χ1v) is 4.52. The zero-order valence-corrected chi connectivity index (χ0v) is 8.70. The van der Waals surface area contributed by atoms with E-state index in [-0.39, 0.29) is 0 Å². The summed E-state index contributed by atoms with van der Waals surface area (Å²) >= 11 is 0. The van der Waals surface area contributed by atoms with Crippen molar-refractivity contribution in [2.45, 2.75) is 26.4 Å². The van der Waals surface area contributed by atoms with E-state index in [0.29, 0.717) is 0 Å². The highest BCUT2D eigenvalue weighted by atomic mass is 16.6. The number of nitrogens with one attached hydrogen (secondary N) is 1. The van der Waals surface area contributed by atoms with Crippen molar-refractivity contribution in [1.82, 2.24) is 0 Å². The van der Waals surface area contributed by atoms with Gasteiger partial charge in [-0.05, 0) is 32.9 Å². The molecule has 0 atom stereocenters. The fourth-order valence-electron chi connectivity index (χ4n) is 0.943. The summed E-state index contributed by atoms with van der Waals surface area (Å²) < 4.78 is 5.09. The maximum absolute atomic E-state index is 11.3. The van der Waals surface area contributed by atoms with E-state index >= 15 is 0 Å². The molecular formula is C11H15NO2. The lowest BCUT2D eigenvalue weighted by Gasteiger charge is -2.19. The predicted molar refractivity (Wildman–Crippen MR) is 56.3 cm³/mol. The third-order valence-corrected chi connectivity index (χ3v) is 1.42. The largest absolute Gasteiger partial charge is 0.444 e. The third kappa shape index (κ3) is 3.94. The molecule has 0 fully saturated rings. The van der Waals surface area contributed by atoms with Gasteiger partial charge in [-0.2, -0.15) is 0 Å². The van der Waals surface area contributed by atoms with Crippen LogP contribution >= 0.6 is 0 Å². The number of amides is 1. The fourth-order valence-corrected chi connectivity index (χ4v) is 0.943. The van der Waals surface area contributed by atoms with Gasteiger partial charge in [0.05, 0.1) is 0 Å². The monoisotopic (exact) mass is 200 g/mol. The zero-order chi connectivity index (χ0) is 10.6. The smallest absolute Gasteiger partial charge is 0.412 e. The van der Waals surface area contributed by atoms with Gasteiger partial charge in [0.1, 0.15) is 5.60 Å². The van der Waals surface area contributed by atoms with Crippen molar-refractivity contribution in [3.05, 3.63) is 30.3 Å². The Hall–Kier alpha value is -1.51. The van der Waals surface area contributed by atoms with Crippen molar-refractivity contribution in [3.63, 3.8) is 0 Å². The fraction of sp³-hybridized carbons (Fsp3) is 0.364. The van der Waals surface area contributed by atoms with E-state index in [2.05, 4.69) is 5.32 Å². The molecule has 3 nitrogen and oxygen atoms in total. The van der Waals surface area contributed by atoms with Crippen molar-refractivity contribution < 1.29 is 9.53 Å². The summed E-state index contributed by atoms with van der Waals surface area (Å²) in [6.45, 7) is 5.49. The molecule has 0 saturated heterocycles. The van der Waals surface area contributed by atoms with E-state index in [9.17, 15) is 4.79 Å². The number of hydrogen-bond acceptors (Lipinski definition) is 2. The predicted octanol–water partition coefficient (Wildman–Crippen LogP) is 3.03. The second kappa shape index (κ2) is 4.13. The van der Waals surface area contributed by atoms with Gasteiger partial charge in [-0.1, -0.05) is 18.2 Å². The first-order chi connectivity index (χ1) is 6.47. The van der Waals surface area contributed by atoms with E-state index in [4.69, 9.17) is 4.74 Å². The topological polar surface area (TPSA) is 38.3 Å². The minimum Gasteiger partial charge on any atom is -0.444 e. The number of carbonyl (C=O) groups excluding carboxylic acids is 1. The molecule has 0 aromatic heterocycles. The highest BCUT2D eigenvalue weighted by Gasteiger charge is 2.15. The molecule has 76 valence electrons. The summed E-state index contributed by atoms with van der Waals surface area (Å²) in [6.07, 6.45) is -0.427. The average molecular weight is 200 g/mol. The molecule has 1 amide bonds. The number of para-hydroxylation sites is 1. The number of ether oxygens (including phenoxy) is 1. The van der Waals surface area contributed by atoms with Crippen molar-refractivity contribution in [1.29, 1.82) is 0 Å². The lowest BCUT2D eigenvalue weighted by atomic mass is 10.2. The second-order valence-corrected chi connectivity index (χ2v) is 3.99. The van der Waals surface area contributed by atoms with Gasteiger partial charge in [-0.3, -0.25) is 5.32 Å². The van der Waals surface area contributed by atoms with Crippen LogP contribution in [0.2, 0.25) is 0 Å². The van der Waals surface area contributed by atoms with Crippen molar-refractivity contribution in [2.75, 3.05) is 5.32 Å². The van der Waals surface area contributed by atoms with E-state index in [1.807, 2.05) is 51.1 Å². The van der Waals surface area contributed by atoms with Gasteiger partial charge in [-0.15, -0.1) is 0 Å². The molecule has 0 radical (unpaired) electrons. The Morgan fingerprint density at radius 2 is 1.79 bits per heavy atom. The Morgan fingerprint density at radius 3 is 2.29 bits per heavy atom. The molecule has 1 N–H and O–H groups in total. The highest BCUT2D eigenvalue weighted by molar-refractivity contribution is 5.84. The average Bonchev–Trinajstić information content (AvgIpc) is 2.02. The Labute approximate surface area is 84.1 Å². The highest BCUT2D eigenvalue weighted by Crippen LogP contribution is 2.10. The van der Waals surface area contributed by atoms with Crippen LogP contribution in [0.4, 0.5) is 10.5 Å². The minimum absolute atomic E-state index is 0.427. The van der Waals surface area contributed by atoms with Crippen LogP contribution in [0.1, 0.15) is 20.8 Å². The molecular weight excluding hydrogens is 185 g/mol. The summed E-state index contributed by atoms with van der Waals surface area (Å²) in [5.41, 5.74) is 0.278. The summed E-state index contributed by atoms with van der Waals surface area (Å²) in [4.78, 5) is 11.3. The first-order valence-electron chi connectivity index (χ1n) is 4.52. The van der Waals surface area contributed by atoms with Gasteiger partial charge < -0.3 is 4.74 Å². The molecule has 3 heteroatoms. The number of rotatable bonds is 1. The van der Waals surface area contributed by atoms with Crippen molar-refractivity contribution in [2.24, 2.45) is 0 Å². The Morgan fingerprint density at radius 1 is 1.21 bits per heavy atom. The molecule has 0 unspecified atom stereocenters. The number of hydrogen-bond donors (Lipinski definition) is 1. The number of anilines is 1. The number of benzene rings is 1. The van der Waals surface area contributed by atoms with E-state index in [1.165, 1.54) is 0 Å². The van der Waals surface area contributed by atoms with Gasteiger partial charge in [-0.25, -0.2) is 4.79 Å². The zero-order valence-electron chi connectivity index (χ0n) is 8.70. The third-order valence-electron chi connectivity index (χ3n) is 1.42. The second-order valence-electron chi connectivity index (χ2n) is 3.99. The molecule has 0 saturated carbocycles. The SMILES string of the molecule is CC(C)(C)OC(=O)[15NH][13c]1[13cH][13cH][13cH][13cH][13cH]1. The van der Waals surface area contributed by atoms with Gasteiger partial charge in [0, 0.05) is 5.69 Å². The van der Waals surface area contributed by atoms with Crippen LogP contribution in [0.5, 0.6) is 0 Å². The van der Waals surface area contributed by atoms with Crippen LogP contribution in [-0.4, -0.2) is 11.7 Å². The maximum atomic E-state index is 11.3. The Balaban J connectivity index is 2.50. The van der Waals surface area contributed by atoms with Crippen molar-refractivity contribution in [3.8, 4) is 0 Å². The minimum atomic E-state index is -0.459. The molecule has 0 spiro atoms. The van der Waals surface area contributed by atoms with E-state index in [0.717, 1.165) is 5.69 Å². The number of carbonyl (C=O) groups is 1. The first kappa shape index (κ1) is 10.6. The van der Waals surface area contributed by atoms with E-state index < -0.39 is 11.7 Å². The molecule has 0 bridgehead atoms. The summed E-state index contributed by atoms with van der Waals surface area (Å²) in [7, 11) is 0. The maximum Gasteiger partial charge on any atom is 0.412 e. The normalized spacial score (nSPS) is 10.8. The summed E-state index contributed by atoms with van der Waals surface area (Å²) in [6, 6.07) is 9.22. The van der Waals surface area contributed by atoms with Crippen LogP contribution in [-0.2, 0) is 4.74 Å². The van der Waals surface area contributed by atoms with E-state index in [1.54, 1.807) is 0 Å². The molecule has 1 rings (SSSR count).